The Bertz CT molecular complexity index is 797. The summed E-state index contributed by atoms with van der Waals surface area (Å²) in [7, 11) is 1.92. The molecule has 106 valence electrons. The second kappa shape index (κ2) is 5.54. The van der Waals surface area contributed by atoms with Crippen LogP contribution in [0.4, 0.5) is 5.82 Å². The number of rotatable bonds is 2. The van der Waals surface area contributed by atoms with Crippen molar-refractivity contribution in [2.24, 2.45) is 7.05 Å². The van der Waals surface area contributed by atoms with Gasteiger partial charge in [-0.1, -0.05) is 48.0 Å². The molecule has 0 atom stereocenters. The molecule has 0 aliphatic rings. The van der Waals surface area contributed by atoms with E-state index in [0.717, 1.165) is 27.1 Å². The molecule has 0 unspecified atom stereocenters. The lowest BCUT2D eigenvalue weighted by Crippen LogP contribution is -1.98. The summed E-state index contributed by atoms with van der Waals surface area (Å²) in [5.74, 6) is 1.47. The molecule has 3 nitrogen and oxygen atoms in total. The van der Waals surface area contributed by atoms with Crippen LogP contribution in [-0.4, -0.2) is 9.55 Å². The number of nitrogens with two attached hydrogens (primary N) is 1. The average Bonchev–Trinajstić information content (AvgIpc) is 2.79. The molecule has 3 rings (SSSR count). The quantitative estimate of drug-likeness (QED) is 0.715. The summed E-state index contributed by atoms with van der Waals surface area (Å²) in [4.78, 5) is 4.69. The predicted molar refractivity (Wildman–Crippen MR) is 91.2 cm³/mol. The number of hydrogen-bond donors (Lipinski definition) is 1. The highest BCUT2D eigenvalue weighted by Crippen LogP contribution is 2.33. The Hall–Kier alpha value is -1.78. The van der Waals surface area contributed by atoms with Crippen LogP contribution in [0, 0.1) is 0 Å². The molecule has 0 saturated carbocycles. The van der Waals surface area contributed by atoms with E-state index in [4.69, 9.17) is 22.3 Å². The number of nitrogen functional groups attached to an aromatic ring is 1. The maximum Gasteiger partial charge on any atom is 0.142 e. The topological polar surface area (TPSA) is 43.8 Å². The van der Waals surface area contributed by atoms with Gasteiger partial charge in [0.2, 0.25) is 0 Å². The number of nitrogens with zero attached hydrogens (tertiary/aromatic N) is 2. The summed E-state index contributed by atoms with van der Waals surface area (Å²) in [6.07, 6.45) is 0. The summed E-state index contributed by atoms with van der Waals surface area (Å²) < 4.78 is 2.72. The van der Waals surface area contributed by atoms with Crippen LogP contribution in [0.15, 0.2) is 53.0 Å². The number of halogens is 2. The molecular weight excluding hydrogens is 350 g/mol. The second-order valence-corrected chi connectivity index (χ2v) is 5.98. The van der Waals surface area contributed by atoms with E-state index < -0.39 is 0 Å². The van der Waals surface area contributed by atoms with Crippen molar-refractivity contribution in [1.29, 1.82) is 0 Å². The Kier molecular flexibility index (Phi) is 3.74. The average molecular weight is 363 g/mol. The van der Waals surface area contributed by atoms with Crippen molar-refractivity contribution in [1.82, 2.24) is 9.55 Å². The highest BCUT2D eigenvalue weighted by Gasteiger charge is 2.15. The SMILES string of the molecule is Cn1c(-c2ccccc2)nc(-c2ccc(Cl)c(Br)c2)c1N. The molecule has 0 saturated heterocycles. The van der Waals surface area contributed by atoms with Crippen LogP contribution in [0.25, 0.3) is 22.6 Å². The van der Waals surface area contributed by atoms with E-state index in [1.165, 1.54) is 0 Å². The molecule has 2 aromatic carbocycles. The lowest BCUT2D eigenvalue weighted by atomic mass is 10.1. The van der Waals surface area contributed by atoms with E-state index in [9.17, 15) is 0 Å². The van der Waals surface area contributed by atoms with Crippen molar-refractivity contribution < 1.29 is 0 Å². The van der Waals surface area contributed by atoms with Crippen molar-refractivity contribution >= 4 is 33.3 Å². The molecule has 1 heterocycles. The van der Waals surface area contributed by atoms with Gasteiger partial charge in [0.1, 0.15) is 17.3 Å². The number of anilines is 1. The Morgan fingerprint density at radius 3 is 2.48 bits per heavy atom. The smallest absolute Gasteiger partial charge is 0.142 e. The van der Waals surface area contributed by atoms with Crippen LogP contribution in [0.5, 0.6) is 0 Å². The minimum atomic E-state index is 0.628. The van der Waals surface area contributed by atoms with E-state index in [-0.39, 0.29) is 0 Å². The van der Waals surface area contributed by atoms with Gasteiger partial charge in [-0.25, -0.2) is 4.98 Å². The number of benzene rings is 2. The largest absolute Gasteiger partial charge is 0.383 e. The van der Waals surface area contributed by atoms with Gasteiger partial charge in [-0.05, 0) is 28.1 Å². The van der Waals surface area contributed by atoms with E-state index in [1.54, 1.807) is 0 Å². The highest BCUT2D eigenvalue weighted by molar-refractivity contribution is 9.10. The first-order valence-corrected chi connectivity index (χ1v) is 7.58. The standard InChI is InChI=1S/C16H13BrClN3/c1-21-15(19)14(11-7-8-13(18)12(17)9-11)20-16(21)10-5-3-2-4-6-10/h2-9H,19H2,1H3. The zero-order chi connectivity index (χ0) is 15.0. The van der Waals surface area contributed by atoms with E-state index in [0.29, 0.717) is 10.8 Å². The number of imidazole rings is 1. The summed E-state index contributed by atoms with van der Waals surface area (Å²) in [6, 6.07) is 15.7. The third kappa shape index (κ3) is 2.57. The van der Waals surface area contributed by atoms with Gasteiger partial charge >= 0.3 is 0 Å². The minimum Gasteiger partial charge on any atom is -0.383 e. The molecule has 0 amide bonds. The monoisotopic (exact) mass is 361 g/mol. The van der Waals surface area contributed by atoms with E-state index in [2.05, 4.69) is 15.9 Å². The van der Waals surface area contributed by atoms with Crippen LogP contribution < -0.4 is 5.73 Å². The maximum atomic E-state index is 6.21. The van der Waals surface area contributed by atoms with Crippen molar-refractivity contribution in [2.45, 2.75) is 0 Å². The first-order chi connectivity index (χ1) is 10.1. The molecule has 0 spiro atoms. The first kappa shape index (κ1) is 14.2. The molecule has 21 heavy (non-hydrogen) atoms. The molecule has 0 aliphatic carbocycles. The van der Waals surface area contributed by atoms with Crippen molar-refractivity contribution in [2.75, 3.05) is 5.73 Å². The molecule has 2 N–H and O–H groups in total. The Morgan fingerprint density at radius 2 is 1.81 bits per heavy atom. The van der Waals surface area contributed by atoms with Gasteiger partial charge in [-0.3, -0.25) is 0 Å². The second-order valence-electron chi connectivity index (χ2n) is 4.72. The third-order valence-corrected chi connectivity index (χ3v) is 4.58. The Balaban J connectivity index is 2.15. The first-order valence-electron chi connectivity index (χ1n) is 6.41. The lowest BCUT2D eigenvalue weighted by molar-refractivity contribution is 0.937. The van der Waals surface area contributed by atoms with Crippen molar-refractivity contribution in [3.05, 3.63) is 58.0 Å². The van der Waals surface area contributed by atoms with Crippen LogP contribution in [0.2, 0.25) is 5.02 Å². The zero-order valence-corrected chi connectivity index (χ0v) is 13.7. The molecular formula is C16H13BrClN3. The van der Waals surface area contributed by atoms with Gasteiger partial charge in [-0.15, -0.1) is 0 Å². The van der Waals surface area contributed by atoms with Gasteiger partial charge in [-0.2, -0.15) is 0 Å². The number of hydrogen-bond acceptors (Lipinski definition) is 2. The fraction of sp³-hybridized carbons (Fsp3) is 0.0625. The van der Waals surface area contributed by atoms with E-state index >= 15 is 0 Å². The highest BCUT2D eigenvalue weighted by atomic mass is 79.9. The summed E-state index contributed by atoms with van der Waals surface area (Å²) in [6.45, 7) is 0. The van der Waals surface area contributed by atoms with Crippen LogP contribution in [0.1, 0.15) is 0 Å². The van der Waals surface area contributed by atoms with Gasteiger partial charge in [0.15, 0.2) is 0 Å². The molecule has 0 bridgehead atoms. The minimum absolute atomic E-state index is 0.628. The lowest BCUT2D eigenvalue weighted by Gasteiger charge is -2.03. The molecule has 0 aliphatic heterocycles. The van der Waals surface area contributed by atoms with Gasteiger partial charge < -0.3 is 10.3 Å². The van der Waals surface area contributed by atoms with Crippen molar-refractivity contribution in [3.8, 4) is 22.6 Å². The maximum absolute atomic E-state index is 6.21. The third-order valence-electron chi connectivity index (χ3n) is 3.36. The summed E-state index contributed by atoms with van der Waals surface area (Å²) >= 11 is 9.47. The molecule has 0 fully saturated rings. The molecule has 5 heteroatoms. The summed E-state index contributed by atoms with van der Waals surface area (Å²) in [5, 5.41) is 0.663. The Morgan fingerprint density at radius 1 is 1.10 bits per heavy atom. The Labute approximate surface area is 136 Å². The van der Waals surface area contributed by atoms with E-state index in [1.807, 2.05) is 60.1 Å². The fourth-order valence-electron chi connectivity index (χ4n) is 2.21. The van der Waals surface area contributed by atoms with Crippen LogP contribution in [-0.2, 0) is 7.05 Å². The van der Waals surface area contributed by atoms with Gasteiger partial charge in [0, 0.05) is 22.6 Å². The molecule has 1 aromatic heterocycles. The van der Waals surface area contributed by atoms with Crippen molar-refractivity contribution in [3.63, 3.8) is 0 Å². The summed E-state index contributed by atoms with van der Waals surface area (Å²) in [5.41, 5.74) is 8.94. The molecule has 3 aromatic rings. The van der Waals surface area contributed by atoms with Crippen LogP contribution in [0.3, 0.4) is 0 Å². The zero-order valence-electron chi connectivity index (χ0n) is 11.3. The van der Waals surface area contributed by atoms with Crippen LogP contribution >= 0.6 is 27.5 Å². The molecule has 0 radical (unpaired) electrons. The fourth-order valence-corrected chi connectivity index (χ4v) is 2.71. The number of aromatic nitrogens is 2. The van der Waals surface area contributed by atoms with Gasteiger partial charge in [0.25, 0.3) is 0 Å². The van der Waals surface area contributed by atoms with Gasteiger partial charge in [0.05, 0.1) is 5.02 Å². The predicted octanol–water partition coefficient (Wildman–Crippen LogP) is 4.75. The normalized spacial score (nSPS) is 10.8.